The molecule has 2 rings (SSSR count). The maximum absolute atomic E-state index is 5.53. The Kier molecular flexibility index (Phi) is 2.69. The lowest BCUT2D eigenvalue weighted by atomic mass is 10.2. The van der Waals surface area contributed by atoms with Crippen LogP contribution >= 0.6 is 0 Å². The van der Waals surface area contributed by atoms with Gasteiger partial charge in [-0.3, -0.25) is 4.98 Å². The van der Waals surface area contributed by atoms with Crippen LogP contribution in [0.1, 0.15) is 11.5 Å². The van der Waals surface area contributed by atoms with Gasteiger partial charge in [0.15, 0.2) is 0 Å². The van der Waals surface area contributed by atoms with Gasteiger partial charge < -0.3 is 5.73 Å². The molecule has 0 atom stereocenters. The second-order valence-corrected chi connectivity index (χ2v) is 3.26. The maximum Gasteiger partial charge on any atom is 0.142 e. The summed E-state index contributed by atoms with van der Waals surface area (Å²) >= 11 is 0. The van der Waals surface area contributed by atoms with E-state index in [2.05, 4.69) is 15.0 Å². The van der Waals surface area contributed by atoms with E-state index in [-0.39, 0.29) is 0 Å². The lowest BCUT2D eigenvalue weighted by Gasteiger charge is -2.03. The summed E-state index contributed by atoms with van der Waals surface area (Å²) in [6.45, 7) is 2.29. The van der Waals surface area contributed by atoms with Crippen molar-refractivity contribution in [3.8, 4) is 11.3 Å². The zero-order valence-corrected chi connectivity index (χ0v) is 8.51. The van der Waals surface area contributed by atoms with E-state index in [0.29, 0.717) is 12.4 Å². The summed E-state index contributed by atoms with van der Waals surface area (Å²) in [5, 5.41) is 0. The van der Waals surface area contributed by atoms with E-state index in [9.17, 15) is 0 Å². The summed E-state index contributed by atoms with van der Waals surface area (Å²) in [5.41, 5.74) is 8.30. The molecule has 0 aromatic carbocycles. The van der Waals surface area contributed by atoms with Gasteiger partial charge in [-0.25, -0.2) is 9.97 Å². The van der Waals surface area contributed by atoms with Gasteiger partial charge in [0.2, 0.25) is 0 Å². The molecule has 0 aliphatic carbocycles. The number of hydrogen-bond acceptors (Lipinski definition) is 4. The van der Waals surface area contributed by atoms with Crippen molar-refractivity contribution < 1.29 is 0 Å². The van der Waals surface area contributed by atoms with Crippen molar-refractivity contribution in [1.29, 1.82) is 0 Å². The minimum Gasteiger partial charge on any atom is -0.324 e. The van der Waals surface area contributed by atoms with Crippen LogP contribution < -0.4 is 5.73 Å². The molecular formula is C11H12N4. The summed E-state index contributed by atoms with van der Waals surface area (Å²) in [6, 6.07) is 5.78. The maximum atomic E-state index is 5.53. The molecule has 4 heteroatoms. The van der Waals surface area contributed by atoms with Crippen LogP contribution in [-0.2, 0) is 6.54 Å². The molecule has 0 saturated carbocycles. The van der Waals surface area contributed by atoms with Crippen LogP contribution in [0.15, 0.2) is 30.6 Å². The number of aromatic nitrogens is 3. The second-order valence-electron chi connectivity index (χ2n) is 3.26. The van der Waals surface area contributed by atoms with Gasteiger partial charge >= 0.3 is 0 Å². The zero-order chi connectivity index (χ0) is 10.7. The molecular weight excluding hydrogens is 188 g/mol. The van der Waals surface area contributed by atoms with E-state index >= 15 is 0 Å². The van der Waals surface area contributed by atoms with Crippen LogP contribution in [0.2, 0.25) is 0 Å². The SMILES string of the molecule is Cc1cc(-c2cccnc2)nc(CN)n1. The van der Waals surface area contributed by atoms with Crippen molar-refractivity contribution in [3.63, 3.8) is 0 Å². The van der Waals surface area contributed by atoms with Gasteiger partial charge in [-0.05, 0) is 25.1 Å². The highest BCUT2D eigenvalue weighted by Crippen LogP contribution is 2.15. The molecule has 0 amide bonds. The molecule has 0 aliphatic heterocycles. The van der Waals surface area contributed by atoms with Crippen molar-refractivity contribution in [2.75, 3.05) is 0 Å². The molecule has 2 aromatic heterocycles. The van der Waals surface area contributed by atoms with Crippen LogP contribution in [0, 0.1) is 6.92 Å². The van der Waals surface area contributed by atoms with Gasteiger partial charge in [0.05, 0.1) is 12.2 Å². The third-order valence-electron chi connectivity index (χ3n) is 2.04. The average Bonchev–Trinajstić information content (AvgIpc) is 2.29. The predicted molar refractivity (Wildman–Crippen MR) is 57.9 cm³/mol. The molecule has 2 N–H and O–H groups in total. The summed E-state index contributed by atoms with van der Waals surface area (Å²) in [7, 11) is 0. The van der Waals surface area contributed by atoms with Crippen molar-refractivity contribution in [1.82, 2.24) is 15.0 Å². The largest absolute Gasteiger partial charge is 0.324 e. The first-order valence-corrected chi connectivity index (χ1v) is 4.74. The van der Waals surface area contributed by atoms with Gasteiger partial charge in [-0.15, -0.1) is 0 Å². The van der Waals surface area contributed by atoms with Gasteiger partial charge in [0, 0.05) is 23.7 Å². The molecule has 2 aromatic rings. The molecule has 4 nitrogen and oxygen atoms in total. The van der Waals surface area contributed by atoms with E-state index in [1.165, 1.54) is 0 Å². The van der Waals surface area contributed by atoms with Gasteiger partial charge in [-0.1, -0.05) is 0 Å². The fraction of sp³-hybridized carbons (Fsp3) is 0.182. The highest BCUT2D eigenvalue weighted by molar-refractivity contribution is 5.57. The van der Waals surface area contributed by atoms with Crippen LogP contribution in [0.3, 0.4) is 0 Å². The van der Waals surface area contributed by atoms with E-state index in [0.717, 1.165) is 17.0 Å². The Morgan fingerprint density at radius 2 is 2.20 bits per heavy atom. The third-order valence-corrected chi connectivity index (χ3v) is 2.04. The molecule has 0 spiro atoms. The molecule has 2 heterocycles. The number of aryl methyl sites for hydroxylation is 1. The molecule has 76 valence electrons. The Labute approximate surface area is 88.2 Å². The fourth-order valence-corrected chi connectivity index (χ4v) is 1.38. The van der Waals surface area contributed by atoms with Crippen molar-refractivity contribution in [2.24, 2.45) is 5.73 Å². The van der Waals surface area contributed by atoms with Crippen molar-refractivity contribution in [3.05, 3.63) is 42.1 Å². The topological polar surface area (TPSA) is 64.7 Å². The second kappa shape index (κ2) is 4.14. The quantitative estimate of drug-likeness (QED) is 0.793. The van der Waals surface area contributed by atoms with Crippen molar-refractivity contribution in [2.45, 2.75) is 13.5 Å². The molecule has 0 unspecified atom stereocenters. The molecule has 0 bridgehead atoms. The van der Waals surface area contributed by atoms with Gasteiger partial charge in [0.1, 0.15) is 5.82 Å². The Morgan fingerprint density at radius 3 is 2.87 bits per heavy atom. The molecule has 0 saturated heterocycles. The Bertz CT molecular complexity index is 453. The number of nitrogens with two attached hydrogens (primary N) is 1. The minimum absolute atomic E-state index is 0.356. The lowest BCUT2D eigenvalue weighted by molar-refractivity contribution is 0.894. The van der Waals surface area contributed by atoms with Crippen LogP contribution in [0.5, 0.6) is 0 Å². The van der Waals surface area contributed by atoms with E-state index in [4.69, 9.17) is 5.73 Å². The smallest absolute Gasteiger partial charge is 0.142 e. The average molecular weight is 200 g/mol. The first-order chi connectivity index (χ1) is 7.29. The van der Waals surface area contributed by atoms with Crippen LogP contribution in [0.25, 0.3) is 11.3 Å². The van der Waals surface area contributed by atoms with E-state index < -0.39 is 0 Å². The molecule has 0 aliphatic rings. The minimum atomic E-state index is 0.356. The summed E-state index contributed by atoms with van der Waals surface area (Å²) in [5.74, 6) is 0.661. The predicted octanol–water partition coefficient (Wildman–Crippen LogP) is 1.31. The lowest BCUT2D eigenvalue weighted by Crippen LogP contribution is -2.05. The molecule has 0 fully saturated rings. The van der Waals surface area contributed by atoms with Crippen molar-refractivity contribution >= 4 is 0 Å². The van der Waals surface area contributed by atoms with E-state index in [1.807, 2.05) is 25.1 Å². The monoisotopic (exact) mass is 200 g/mol. The summed E-state index contributed by atoms with van der Waals surface area (Å²) < 4.78 is 0. The first-order valence-electron chi connectivity index (χ1n) is 4.74. The zero-order valence-electron chi connectivity index (χ0n) is 8.51. The number of hydrogen-bond donors (Lipinski definition) is 1. The first kappa shape index (κ1) is 9.73. The normalized spacial score (nSPS) is 10.3. The highest BCUT2D eigenvalue weighted by Gasteiger charge is 2.02. The van der Waals surface area contributed by atoms with E-state index in [1.54, 1.807) is 12.4 Å². The molecule has 15 heavy (non-hydrogen) atoms. The standard InChI is InChI=1S/C11H12N4/c1-8-5-10(15-11(6-12)14-8)9-3-2-4-13-7-9/h2-5,7H,6,12H2,1H3. The Balaban J connectivity index is 2.49. The van der Waals surface area contributed by atoms with Crippen LogP contribution in [0.4, 0.5) is 0 Å². The summed E-state index contributed by atoms with van der Waals surface area (Å²) in [6.07, 6.45) is 3.52. The number of rotatable bonds is 2. The van der Waals surface area contributed by atoms with Crippen LogP contribution in [-0.4, -0.2) is 15.0 Å². The Hall–Kier alpha value is -1.81. The Morgan fingerprint density at radius 1 is 1.33 bits per heavy atom. The highest BCUT2D eigenvalue weighted by atomic mass is 14.9. The number of pyridine rings is 1. The molecule has 0 radical (unpaired) electrons. The fourth-order valence-electron chi connectivity index (χ4n) is 1.38. The van der Waals surface area contributed by atoms with Gasteiger partial charge in [0.25, 0.3) is 0 Å². The van der Waals surface area contributed by atoms with Gasteiger partial charge in [-0.2, -0.15) is 0 Å². The third kappa shape index (κ3) is 2.16. The number of nitrogens with zero attached hydrogens (tertiary/aromatic N) is 3. The summed E-state index contributed by atoms with van der Waals surface area (Å²) in [4.78, 5) is 12.6.